The molecule has 1 aromatic carbocycles. The van der Waals surface area contributed by atoms with Crippen LogP contribution in [0.3, 0.4) is 0 Å². The van der Waals surface area contributed by atoms with E-state index in [0.29, 0.717) is 11.6 Å². The lowest BCUT2D eigenvalue weighted by Gasteiger charge is -2.30. The summed E-state index contributed by atoms with van der Waals surface area (Å²) in [6.45, 7) is 4.71. The largest absolute Gasteiger partial charge is 0.378 e. The van der Waals surface area contributed by atoms with Crippen LogP contribution in [0, 0.1) is 11.6 Å². The summed E-state index contributed by atoms with van der Waals surface area (Å²) in [6, 6.07) is 3.93. The lowest BCUT2D eigenvalue weighted by Crippen LogP contribution is -2.39. The molecule has 2 nitrogen and oxygen atoms in total. The Labute approximate surface area is 106 Å². The van der Waals surface area contributed by atoms with Gasteiger partial charge in [-0.15, -0.1) is 0 Å². The molecule has 1 aliphatic heterocycles. The number of benzene rings is 1. The molecule has 3 atom stereocenters. The molecule has 1 aliphatic rings. The minimum Gasteiger partial charge on any atom is -0.378 e. The lowest BCUT2D eigenvalue weighted by atomic mass is 10.0. The Morgan fingerprint density at radius 3 is 2.56 bits per heavy atom. The van der Waals surface area contributed by atoms with Crippen LogP contribution >= 0.6 is 0 Å². The number of ether oxygens (including phenoxy) is 1. The van der Waals surface area contributed by atoms with Crippen LogP contribution in [0.5, 0.6) is 0 Å². The molecule has 0 aliphatic carbocycles. The van der Waals surface area contributed by atoms with Gasteiger partial charge in [0.25, 0.3) is 0 Å². The van der Waals surface area contributed by atoms with Crippen molar-refractivity contribution < 1.29 is 13.5 Å². The van der Waals surface area contributed by atoms with Crippen molar-refractivity contribution in [2.45, 2.75) is 44.9 Å². The van der Waals surface area contributed by atoms with Crippen LogP contribution in [0.1, 0.15) is 38.3 Å². The van der Waals surface area contributed by atoms with Gasteiger partial charge in [-0.1, -0.05) is 0 Å². The molecule has 0 saturated carbocycles. The Morgan fingerprint density at radius 2 is 1.94 bits per heavy atom. The second kappa shape index (κ2) is 5.76. The van der Waals surface area contributed by atoms with E-state index in [0.717, 1.165) is 25.5 Å². The maximum atomic E-state index is 13.1. The average Bonchev–Trinajstić information content (AvgIpc) is 2.27. The Kier molecular flexibility index (Phi) is 4.30. The summed E-state index contributed by atoms with van der Waals surface area (Å²) in [4.78, 5) is 0. The predicted molar refractivity (Wildman–Crippen MR) is 66.3 cm³/mol. The fourth-order valence-corrected chi connectivity index (χ4v) is 2.42. The van der Waals surface area contributed by atoms with E-state index in [9.17, 15) is 8.78 Å². The predicted octanol–water partition coefficient (Wildman–Crippen LogP) is 3.18. The van der Waals surface area contributed by atoms with E-state index >= 15 is 0 Å². The van der Waals surface area contributed by atoms with E-state index in [2.05, 4.69) is 5.32 Å². The maximum Gasteiger partial charge on any atom is 0.126 e. The highest BCUT2D eigenvalue weighted by molar-refractivity contribution is 5.21. The van der Waals surface area contributed by atoms with Gasteiger partial charge in [0.2, 0.25) is 0 Å². The molecule has 100 valence electrons. The molecule has 0 bridgehead atoms. The first kappa shape index (κ1) is 13.4. The van der Waals surface area contributed by atoms with Gasteiger partial charge >= 0.3 is 0 Å². The van der Waals surface area contributed by atoms with E-state index in [1.807, 2.05) is 13.8 Å². The van der Waals surface area contributed by atoms with E-state index in [1.54, 1.807) is 0 Å². The highest BCUT2D eigenvalue weighted by atomic mass is 19.1. The fourth-order valence-electron chi connectivity index (χ4n) is 2.42. The second-order valence-corrected chi connectivity index (χ2v) is 4.99. The van der Waals surface area contributed by atoms with Crippen LogP contribution in [-0.2, 0) is 4.74 Å². The Hall–Kier alpha value is -1.00. The summed E-state index contributed by atoms with van der Waals surface area (Å²) in [6.07, 6.45) is 2.11. The third-order valence-corrected chi connectivity index (χ3v) is 3.36. The maximum absolute atomic E-state index is 13.1. The third-order valence-electron chi connectivity index (χ3n) is 3.36. The summed E-state index contributed by atoms with van der Waals surface area (Å²) in [5.41, 5.74) is 0.645. The number of hydrogen-bond donors (Lipinski definition) is 1. The molecular formula is C14H19F2NO. The van der Waals surface area contributed by atoms with E-state index in [-0.39, 0.29) is 12.1 Å². The first-order valence-electron chi connectivity index (χ1n) is 6.38. The molecule has 2 rings (SSSR count). The fraction of sp³-hybridized carbons (Fsp3) is 0.571. The van der Waals surface area contributed by atoms with Crippen LogP contribution in [0.4, 0.5) is 8.78 Å². The van der Waals surface area contributed by atoms with Gasteiger partial charge in [-0.3, -0.25) is 0 Å². The van der Waals surface area contributed by atoms with Gasteiger partial charge in [-0.05, 0) is 44.4 Å². The molecule has 1 aromatic rings. The van der Waals surface area contributed by atoms with Gasteiger partial charge in [-0.2, -0.15) is 0 Å². The van der Waals surface area contributed by atoms with E-state index in [1.165, 1.54) is 12.1 Å². The summed E-state index contributed by atoms with van der Waals surface area (Å²) < 4.78 is 31.8. The Morgan fingerprint density at radius 1 is 1.28 bits per heavy atom. The summed E-state index contributed by atoms with van der Waals surface area (Å²) in [5, 5.41) is 3.41. The van der Waals surface area contributed by atoms with Gasteiger partial charge in [-0.25, -0.2) is 8.78 Å². The molecule has 1 fully saturated rings. The SMILES string of the molecule is CC1CC(NC(C)c2cc(F)cc(F)c2)CCO1. The number of halogens is 2. The first-order chi connectivity index (χ1) is 8.54. The van der Waals surface area contributed by atoms with Crippen molar-refractivity contribution in [1.82, 2.24) is 5.32 Å². The third kappa shape index (κ3) is 3.50. The molecule has 1 heterocycles. The quantitative estimate of drug-likeness (QED) is 0.895. The van der Waals surface area contributed by atoms with E-state index < -0.39 is 11.6 Å². The Balaban J connectivity index is 2.00. The van der Waals surface area contributed by atoms with Gasteiger partial charge in [0, 0.05) is 24.8 Å². The molecule has 0 aromatic heterocycles. The normalized spacial score (nSPS) is 26.0. The topological polar surface area (TPSA) is 21.3 Å². The van der Waals surface area contributed by atoms with Crippen molar-refractivity contribution in [1.29, 1.82) is 0 Å². The molecule has 3 unspecified atom stereocenters. The van der Waals surface area contributed by atoms with Crippen molar-refractivity contribution in [3.05, 3.63) is 35.4 Å². The molecule has 0 spiro atoms. The van der Waals surface area contributed by atoms with Crippen LogP contribution in [0.15, 0.2) is 18.2 Å². The lowest BCUT2D eigenvalue weighted by molar-refractivity contribution is 0.0116. The molecule has 4 heteroatoms. The van der Waals surface area contributed by atoms with Gasteiger partial charge < -0.3 is 10.1 Å². The molecule has 1 saturated heterocycles. The minimum atomic E-state index is -0.529. The first-order valence-corrected chi connectivity index (χ1v) is 6.38. The average molecular weight is 255 g/mol. The van der Waals surface area contributed by atoms with Crippen molar-refractivity contribution >= 4 is 0 Å². The summed E-state index contributed by atoms with van der Waals surface area (Å²) in [5.74, 6) is -1.06. The molecular weight excluding hydrogens is 236 g/mol. The van der Waals surface area contributed by atoms with Crippen LogP contribution in [0.25, 0.3) is 0 Å². The van der Waals surface area contributed by atoms with Gasteiger partial charge in [0.1, 0.15) is 11.6 Å². The second-order valence-electron chi connectivity index (χ2n) is 4.99. The van der Waals surface area contributed by atoms with E-state index in [4.69, 9.17) is 4.74 Å². The smallest absolute Gasteiger partial charge is 0.126 e. The number of rotatable bonds is 3. The highest BCUT2D eigenvalue weighted by Gasteiger charge is 2.21. The Bertz CT molecular complexity index is 391. The highest BCUT2D eigenvalue weighted by Crippen LogP contribution is 2.20. The zero-order valence-electron chi connectivity index (χ0n) is 10.7. The zero-order valence-corrected chi connectivity index (χ0v) is 10.7. The van der Waals surface area contributed by atoms with Crippen molar-refractivity contribution in [2.24, 2.45) is 0 Å². The van der Waals surface area contributed by atoms with Crippen LogP contribution < -0.4 is 5.32 Å². The van der Waals surface area contributed by atoms with Gasteiger partial charge in [0.05, 0.1) is 6.10 Å². The standard InChI is InChI=1S/C14H19F2NO/c1-9-5-14(3-4-18-9)17-10(2)11-6-12(15)8-13(16)7-11/h6-10,14,17H,3-5H2,1-2H3. The van der Waals surface area contributed by atoms with Crippen molar-refractivity contribution in [3.8, 4) is 0 Å². The monoisotopic (exact) mass is 255 g/mol. The molecule has 0 amide bonds. The number of hydrogen-bond acceptors (Lipinski definition) is 2. The van der Waals surface area contributed by atoms with Crippen molar-refractivity contribution in [3.63, 3.8) is 0 Å². The van der Waals surface area contributed by atoms with Gasteiger partial charge in [0.15, 0.2) is 0 Å². The summed E-state index contributed by atoms with van der Waals surface area (Å²) >= 11 is 0. The van der Waals surface area contributed by atoms with Crippen LogP contribution in [-0.4, -0.2) is 18.8 Å². The minimum absolute atomic E-state index is 0.0644. The zero-order chi connectivity index (χ0) is 13.1. The van der Waals surface area contributed by atoms with Crippen LogP contribution in [0.2, 0.25) is 0 Å². The summed E-state index contributed by atoms with van der Waals surface area (Å²) in [7, 11) is 0. The molecule has 1 N–H and O–H groups in total. The molecule has 0 radical (unpaired) electrons. The number of nitrogens with one attached hydrogen (secondary N) is 1. The molecule has 18 heavy (non-hydrogen) atoms. The van der Waals surface area contributed by atoms with Crippen molar-refractivity contribution in [2.75, 3.05) is 6.61 Å².